The summed E-state index contributed by atoms with van der Waals surface area (Å²) in [5, 5.41) is 20.8. The minimum absolute atomic E-state index is 0.0204. The predicted octanol–water partition coefficient (Wildman–Crippen LogP) is 1.44. The highest BCUT2D eigenvalue weighted by molar-refractivity contribution is 5.74. The fraction of sp³-hybridized carbons (Fsp3) is 0.692. The summed E-state index contributed by atoms with van der Waals surface area (Å²) < 4.78 is 0. The fourth-order valence-corrected chi connectivity index (χ4v) is 1.88. The lowest BCUT2D eigenvalue weighted by Crippen LogP contribution is -2.42. The summed E-state index contributed by atoms with van der Waals surface area (Å²) in [6.45, 7) is 5.38. The van der Waals surface area contributed by atoms with E-state index in [1.165, 1.54) is 6.33 Å². The molecule has 8 heteroatoms. The van der Waals surface area contributed by atoms with Gasteiger partial charge in [-0.15, -0.1) is 0 Å². The summed E-state index contributed by atoms with van der Waals surface area (Å²) >= 11 is 0. The predicted molar refractivity (Wildman–Crippen MR) is 76.6 cm³/mol. The van der Waals surface area contributed by atoms with Gasteiger partial charge >= 0.3 is 12.0 Å². The van der Waals surface area contributed by atoms with Crippen molar-refractivity contribution >= 4 is 12.0 Å². The van der Waals surface area contributed by atoms with E-state index in [9.17, 15) is 9.59 Å². The van der Waals surface area contributed by atoms with Gasteiger partial charge in [0.2, 0.25) is 0 Å². The molecule has 8 nitrogen and oxygen atoms in total. The van der Waals surface area contributed by atoms with Crippen molar-refractivity contribution in [2.75, 3.05) is 0 Å². The molecule has 1 aromatic rings. The molecule has 118 valence electrons. The van der Waals surface area contributed by atoms with Gasteiger partial charge in [0.25, 0.3) is 0 Å². The van der Waals surface area contributed by atoms with Crippen LogP contribution in [-0.2, 0) is 4.79 Å². The van der Waals surface area contributed by atoms with Gasteiger partial charge in [0.15, 0.2) is 0 Å². The van der Waals surface area contributed by atoms with E-state index in [2.05, 4.69) is 25.8 Å². The van der Waals surface area contributed by atoms with Crippen molar-refractivity contribution < 1.29 is 14.7 Å². The normalized spacial score (nSPS) is 15.0. The van der Waals surface area contributed by atoms with Crippen LogP contribution in [0, 0.1) is 5.92 Å². The minimum Gasteiger partial charge on any atom is -0.481 e. The summed E-state index contributed by atoms with van der Waals surface area (Å²) in [5.41, 5.74) is 0. The number of carbonyl (C=O) groups excluding carboxylic acids is 1. The number of hydrogen-bond acceptors (Lipinski definition) is 4. The van der Waals surface area contributed by atoms with Gasteiger partial charge in [-0.1, -0.05) is 13.3 Å². The summed E-state index contributed by atoms with van der Waals surface area (Å²) in [6, 6.07) is -0.558. The number of carboxylic acid groups (broad SMARTS) is 1. The van der Waals surface area contributed by atoms with Crippen LogP contribution < -0.4 is 10.6 Å². The summed E-state index contributed by atoms with van der Waals surface area (Å²) in [4.78, 5) is 26.4. The average molecular weight is 297 g/mol. The number of urea groups is 1. The molecular formula is C13H23N5O3. The SMILES string of the molecule is CC(CCCC(C)C(=O)O)NC(=O)NC(C)c1ncn[nH]1. The van der Waals surface area contributed by atoms with Gasteiger partial charge < -0.3 is 15.7 Å². The van der Waals surface area contributed by atoms with Gasteiger partial charge in [-0.25, -0.2) is 9.78 Å². The third-order valence-electron chi connectivity index (χ3n) is 3.26. The molecule has 0 saturated heterocycles. The van der Waals surface area contributed by atoms with E-state index in [4.69, 9.17) is 5.11 Å². The number of amides is 2. The Morgan fingerprint density at radius 3 is 2.57 bits per heavy atom. The molecule has 0 spiro atoms. The standard InChI is InChI=1S/C13H23N5O3/c1-8(12(19)20)5-4-6-9(2)16-13(21)17-10(3)11-14-7-15-18-11/h7-10H,4-6H2,1-3H3,(H,19,20)(H,14,15,18)(H2,16,17,21). The van der Waals surface area contributed by atoms with Crippen LogP contribution in [0.15, 0.2) is 6.33 Å². The topological polar surface area (TPSA) is 120 Å². The molecule has 2 amide bonds. The zero-order valence-electron chi connectivity index (χ0n) is 12.6. The lowest BCUT2D eigenvalue weighted by Gasteiger charge is -2.17. The Morgan fingerprint density at radius 1 is 1.29 bits per heavy atom. The monoisotopic (exact) mass is 297 g/mol. The Hall–Kier alpha value is -2.12. The number of aliphatic carboxylic acids is 1. The van der Waals surface area contributed by atoms with Crippen LogP contribution in [0.3, 0.4) is 0 Å². The Bertz CT molecular complexity index is 449. The maximum Gasteiger partial charge on any atom is 0.315 e. The first-order valence-corrected chi connectivity index (χ1v) is 7.05. The van der Waals surface area contributed by atoms with Crippen molar-refractivity contribution in [1.29, 1.82) is 0 Å². The van der Waals surface area contributed by atoms with E-state index < -0.39 is 5.97 Å². The minimum atomic E-state index is -0.783. The van der Waals surface area contributed by atoms with Crippen molar-refractivity contribution in [2.24, 2.45) is 5.92 Å². The number of aromatic amines is 1. The van der Waals surface area contributed by atoms with Crippen LogP contribution >= 0.6 is 0 Å². The van der Waals surface area contributed by atoms with E-state index in [-0.39, 0.29) is 24.0 Å². The van der Waals surface area contributed by atoms with Gasteiger partial charge in [-0.3, -0.25) is 9.89 Å². The van der Waals surface area contributed by atoms with E-state index in [1.807, 2.05) is 6.92 Å². The van der Waals surface area contributed by atoms with Gasteiger partial charge in [0.05, 0.1) is 12.0 Å². The first kappa shape index (κ1) is 16.9. The second kappa shape index (κ2) is 8.23. The number of nitrogens with zero attached hydrogens (tertiary/aromatic N) is 2. The van der Waals surface area contributed by atoms with E-state index in [0.29, 0.717) is 12.2 Å². The van der Waals surface area contributed by atoms with E-state index in [1.54, 1.807) is 13.8 Å². The van der Waals surface area contributed by atoms with Crippen LogP contribution in [0.25, 0.3) is 0 Å². The molecule has 0 aliphatic heterocycles. The van der Waals surface area contributed by atoms with Crippen molar-refractivity contribution in [3.63, 3.8) is 0 Å². The van der Waals surface area contributed by atoms with Crippen molar-refractivity contribution in [2.45, 2.75) is 52.1 Å². The molecule has 4 N–H and O–H groups in total. The van der Waals surface area contributed by atoms with Crippen molar-refractivity contribution in [1.82, 2.24) is 25.8 Å². The highest BCUT2D eigenvalue weighted by Crippen LogP contribution is 2.10. The van der Waals surface area contributed by atoms with E-state index in [0.717, 1.165) is 12.8 Å². The van der Waals surface area contributed by atoms with E-state index >= 15 is 0 Å². The molecule has 0 aliphatic carbocycles. The van der Waals surface area contributed by atoms with Gasteiger partial charge in [-0.2, -0.15) is 5.10 Å². The third-order valence-corrected chi connectivity index (χ3v) is 3.26. The van der Waals surface area contributed by atoms with Gasteiger partial charge in [0, 0.05) is 6.04 Å². The number of carbonyl (C=O) groups is 2. The Kier molecular flexibility index (Phi) is 6.64. The van der Waals surface area contributed by atoms with Gasteiger partial charge in [0.1, 0.15) is 12.2 Å². The molecule has 0 saturated carbocycles. The second-order valence-electron chi connectivity index (χ2n) is 5.28. The second-order valence-corrected chi connectivity index (χ2v) is 5.28. The first-order valence-electron chi connectivity index (χ1n) is 7.05. The number of rotatable bonds is 8. The first-order chi connectivity index (χ1) is 9.90. The quantitative estimate of drug-likeness (QED) is 0.578. The molecule has 0 aromatic carbocycles. The summed E-state index contributed by atoms with van der Waals surface area (Å²) in [7, 11) is 0. The zero-order valence-corrected chi connectivity index (χ0v) is 12.6. The van der Waals surface area contributed by atoms with Crippen LogP contribution in [0.2, 0.25) is 0 Å². The summed E-state index contributed by atoms with van der Waals surface area (Å²) in [6.07, 6.45) is 3.49. The lowest BCUT2D eigenvalue weighted by atomic mass is 10.0. The third kappa shape index (κ3) is 6.24. The molecule has 1 rings (SSSR count). The highest BCUT2D eigenvalue weighted by Gasteiger charge is 2.15. The Morgan fingerprint density at radius 2 is 2.00 bits per heavy atom. The van der Waals surface area contributed by atoms with Crippen LogP contribution in [-0.4, -0.2) is 38.3 Å². The number of carboxylic acids is 1. The largest absolute Gasteiger partial charge is 0.481 e. The van der Waals surface area contributed by atoms with Gasteiger partial charge in [-0.05, 0) is 26.7 Å². The molecular weight excluding hydrogens is 274 g/mol. The molecule has 0 fully saturated rings. The Balaban J connectivity index is 2.23. The number of nitrogens with one attached hydrogen (secondary N) is 3. The highest BCUT2D eigenvalue weighted by atomic mass is 16.4. The number of aromatic nitrogens is 3. The molecule has 3 atom stereocenters. The van der Waals surface area contributed by atoms with Crippen molar-refractivity contribution in [3.05, 3.63) is 12.2 Å². The molecule has 21 heavy (non-hydrogen) atoms. The summed E-state index contributed by atoms with van der Waals surface area (Å²) in [5.74, 6) is -0.542. The maximum absolute atomic E-state index is 11.8. The smallest absolute Gasteiger partial charge is 0.315 e. The maximum atomic E-state index is 11.8. The zero-order chi connectivity index (χ0) is 15.8. The van der Waals surface area contributed by atoms with Crippen molar-refractivity contribution in [3.8, 4) is 0 Å². The van der Waals surface area contributed by atoms with Crippen LogP contribution in [0.1, 0.15) is 51.9 Å². The molecule has 0 aliphatic rings. The Labute approximate surface area is 123 Å². The van der Waals surface area contributed by atoms with Crippen LogP contribution in [0.5, 0.6) is 0 Å². The lowest BCUT2D eigenvalue weighted by molar-refractivity contribution is -0.141. The number of H-pyrrole nitrogens is 1. The molecule has 3 unspecified atom stereocenters. The molecule has 0 radical (unpaired) electrons. The van der Waals surface area contributed by atoms with Crippen LogP contribution in [0.4, 0.5) is 4.79 Å². The molecule has 1 aromatic heterocycles. The molecule has 1 heterocycles. The fourth-order valence-electron chi connectivity index (χ4n) is 1.88. The average Bonchev–Trinajstić information content (AvgIpc) is 2.91. The molecule has 0 bridgehead atoms. The number of hydrogen-bond donors (Lipinski definition) is 4.